The van der Waals surface area contributed by atoms with Gasteiger partial charge < -0.3 is 15.4 Å². The van der Waals surface area contributed by atoms with E-state index in [1.807, 2.05) is 54.6 Å². The van der Waals surface area contributed by atoms with Crippen LogP contribution in [0.2, 0.25) is 0 Å². The number of anilines is 1. The lowest BCUT2D eigenvalue weighted by atomic mass is 10.1. The van der Waals surface area contributed by atoms with Gasteiger partial charge in [0.15, 0.2) is 6.61 Å². The summed E-state index contributed by atoms with van der Waals surface area (Å²) in [4.78, 5) is 24.3. The predicted molar refractivity (Wildman–Crippen MR) is 114 cm³/mol. The molecule has 0 aliphatic heterocycles. The summed E-state index contributed by atoms with van der Waals surface area (Å²) >= 11 is 0. The van der Waals surface area contributed by atoms with Crippen LogP contribution in [0.4, 0.5) is 5.69 Å². The molecule has 0 unspecified atom stereocenters. The molecule has 3 aromatic carbocycles. The Morgan fingerprint density at radius 1 is 0.828 bits per heavy atom. The maximum atomic E-state index is 12.2. The molecule has 148 valence electrons. The number of amides is 2. The van der Waals surface area contributed by atoms with Gasteiger partial charge in [-0.1, -0.05) is 49.4 Å². The summed E-state index contributed by atoms with van der Waals surface area (Å²) in [7, 11) is 0. The van der Waals surface area contributed by atoms with Gasteiger partial charge in [-0.05, 0) is 53.9 Å². The average molecular weight is 388 g/mol. The van der Waals surface area contributed by atoms with Gasteiger partial charge in [-0.15, -0.1) is 0 Å². The van der Waals surface area contributed by atoms with Gasteiger partial charge in [0.2, 0.25) is 0 Å². The summed E-state index contributed by atoms with van der Waals surface area (Å²) < 4.78 is 5.50. The molecular weight excluding hydrogens is 364 g/mol. The lowest BCUT2D eigenvalue weighted by molar-refractivity contribution is -0.118. The van der Waals surface area contributed by atoms with Crippen molar-refractivity contribution < 1.29 is 14.3 Å². The second-order valence-corrected chi connectivity index (χ2v) is 6.58. The molecule has 29 heavy (non-hydrogen) atoms. The quantitative estimate of drug-likeness (QED) is 0.608. The van der Waals surface area contributed by atoms with E-state index in [0.717, 1.165) is 12.0 Å². The summed E-state index contributed by atoms with van der Waals surface area (Å²) in [5.41, 5.74) is 3.40. The van der Waals surface area contributed by atoms with E-state index < -0.39 is 0 Å². The fraction of sp³-hybridized carbons (Fsp3) is 0.167. The van der Waals surface area contributed by atoms with Gasteiger partial charge in [-0.3, -0.25) is 9.59 Å². The average Bonchev–Trinajstić information content (AvgIpc) is 2.77. The Kier molecular flexibility index (Phi) is 7.00. The highest BCUT2D eigenvalue weighted by atomic mass is 16.5. The number of hydrogen-bond donors (Lipinski definition) is 2. The van der Waals surface area contributed by atoms with E-state index >= 15 is 0 Å². The van der Waals surface area contributed by atoms with Crippen molar-refractivity contribution in [2.75, 3.05) is 11.9 Å². The van der Waals surface area contributed by atoms with Gasteiger partial charge in [0.25, 0.3) is 11.8 Å². The van der Waals surface area contributed by atoms with E-state index in [2.05, 4.69) is 17.6 Å². The van der Waals surface area contributed by atoms with Crippen molar-refractivity contribution >= 4 is 17.5 Å². The van der Waals surface area contributed by atoms with E-state index in [4.69, 9.17) is 4.74 Å². The Balaban J connectivity index is 1.46. The van der Waals surface area contributed by atoms with Crippen molar-refractivity contribution in [3.8, 4) is 5.75 Å². The number of hydrogen-bond acceptors (Lipinski definition) is 3. The van der Waals surface area contributed by atoms with Crippen LogP contribution in [0.25, 0.3) is 0 Å². The predicted octanol–water partition coefficient (Wildman–Crippen LogP) is 4.20. The molecule has 0 spiro atoms. The molecule has 0 bridgehead atoms. The van der Waals surface area contributed by atoms with Crippen LogP contribution >= 0.6 is 0 Å². The molecule has 2 amide bonds. The summed E-state index contributed by atoms with van der Waals surface area (Å²) in [6, 6.07) is 24.2. The van der Waals surface area contributed by atoms with Gasteiger partial charge in [0, 0.05) is 17.8 Å². The number of rotatable bonds is 8. The van der Waals surface area contributed by atoms with E-state index in [9.17, 15) is 9.59 Å². The molecule has 0 aliphatic carbocycles. The largest absolute Gasteiger partial charge is 0.484 e. The first-order chi connectivity index (χ1) is 14.1. The van der Waals surface area contributed by atoms with Crippen molar-refractivity contribution in [3.63, 3.8) is 0 Å². The minimum atomic E-state index is -0.258. The molecule has 0 saturated carbocycles. The number of aryl methyl sites for hydroxylation is 1. The maximum Gasteiger partial charge on any atom is 0.262 e. The zero-order chi connectivity index (χ0) is 20.5. The summed E-state index contributed by atoms with van der Waals surface area (Å²) in [5.74, 6) is 0.235. The van der Waals surface area contributed by atoms with Gasteiger partial charge in [0.1, 0.15) is 5.75 Å². The molecule has 2 N–H and O–H groups in total. The van der Waals surface area contributed by atoms with Crippen LogP contribution in [0.1, 0.15) is 28.4 Å². The van der Waals surface area contributed by atoms with Crippen molar-refractivity contribution in [2.45, 2.75) is 19.9 Å². The first kappa shape index (κ1) is 20.1. The molecule has 0 atom stereocenters. The molecule has 0 heterocycles. The molecule has 3 rings (SSSR count). The highest BCUT2D eigenvalue weighted by Crippen LogP contribution is 2.13. The highest BCUT2D eigenvalue weighted by Gasteiger charge is 2.07. The molecule has 0 fully saturated rings. The number of nitrogens with one attached hydrogen (secondary N) is 2. The molecule has 0 aliphatic rings. The standard InChI is InChI=1S/C24H24N2O3/c1-2-18-8-14-22(15-9-18)29-17-23(27)26-21-12-10-20(11-13-21)24(28)25-16-19-6-4-3-5-7-19/h3-15H,2,16-17H2,1H3,(H,25,28)(H,26,27). The van der Waals surface area contributed by atoms with E-state index in [0.29, 0.717) is 23.5 Å². The van der Waals surface area contributed by atoms with Crippen LogP contribution in [0, 0.1) is 0 Å². The van der Waals surface area contributed by atoms with Crippen LogP contribution in [0.15, 0.2) is 78.9 Å². The highest BCUT2D eigenvalue weighted by molar-refractivity contribution is 5.96. The Hall–Kier alpha value is -3.60. The van der Waals surface area contributed by atoms with Crippen molar-refractivity contribution in [3.05, 3.63) is 95.6 Å². The summed E-state index contributed by atoms with van der Waals surface area (Å²) in [6.45, 7) is 2.47. The lowest BCUT2D eigenvalue weighted by Gasteiger charge is -2.09. The van der Waals surface area contributed by atoms with Gasteiger partial charge >= 0.3 is 0 Å². The Morgan fingerprint density at radius 3 is 2.17 bits per heavy atom. The minimum absolute atomic E-state index is 0.0786. The van der Waals surface area contributed by atoms with Crippen molar-refractivity contribution in [1.29, 1.82) is 0 Å². The zero-order valence-electron chi connectivity index (χ0n) is 16.4. The molecule has 0 aromatic heterocycles. The van der Waals surface area contributed by atoms with Crippen LogP contribution < -0.4 is 15.4 Å². The van der Waals surface area contributed by atoms with Gasteiger partial charge in [0.05, 0.1) is 0 Å². The third-order valence-corrected chi connectivity index (χ3v) is 4.43. The Labute approximate surface area is 170 Å². The van der Waals surface area contributed by atoms with E-state index in [1.165, 1.54) is 5.56 Å². The Morgan fingerprint density at radius 2 is 1.52 bits per heavy atom. The number of carbonyl (C=O) groups excluding carboxylic acids is 2. The first-order valence-electron chi connectivity index (χ1n) is 9.58. The van der Waals surface area contributed by atoms with Gasteiger partial charge in [-0.2, -0.15) is 0 Å². The molecule has 5 nitrogen and oxygen atoms in total. The van der Waals surface area contributed by atoms with Gasteiger partial charge in [-0.25, -0.2) is 0 Å². The van der Waals surface area contributed by atoms with Crippen LogP contribution in [-0.4, -0.2) is 18.4 Å². The second-order valence-electron chi connectivity index (χ2n) is 6.58. The molecule has 5 heteroatoms. The summed E-state index contributed by atoms with van der Waals surface area (Å²) in [5, 5.41) is 5.64. The maximum absolute atomic E-state index is 12.2. The van der Waals surface area contributed by atoms with Crippen LogP contribution in [-0.2, 0) is 17.8 Å². The Bertz CT molecular complexity index is 936. The smallest absolute Gasteiger partial charge is 0.262 e. The molecular formula is C24H24N2O3. The molecule has 0 radical (unpaired) electrons. The third kappa shape index (κ3) is 6.21. The van der Waals surface area contributed by atoms with E-state index in [1.54, 1.807) is 24.3 Å². The normalized spacial score (nSPS) is 10.2. The molecule has 3 aromatic rings. The van der Waals surface area contributed by atoms with Crippen molar-refractivity contribution in [2.24, 2.45) is 0 Å². The lowest BCUT2D eigenvalue weighted by Crippen LogP contribution is -2.23. The SMILES string of the molecule is CCc1ccc(OCC(=O)Nc2ccc(C(=O)NCc3ccccc3)cc2)cc1. The first-order valence-corrected chi connectivity index (χ1v) is 9.58. The number of ether oxygens (including phenoxy) is 1. The third-order valence-electron chi connectivity index (χ3n) is 4.43. The second kappa shape index (κ2) is 10.1. The number of benzene rings is 3. The summed E-state index contributed by atoms with van der Waals surface area (Å²) in [6.07, 6.45) is 0.959. The topological polar surface area (TPSA) is 67.4 Å². The molecule has 0 saturated heterocycles. The van der Waals surface area contributed by atoms with E-state index in [-0.39, 0.29) is 18.4 Å². The van der Waals surface area contributed by atoms with Crippen LogP contribution in [0.3, 0.4) is 0 Å². The zero-order valence-corrected chi connectivity index (χ0v) is 16.4. The fourth-order valence-electron chi connectivity index (χ4n) is 2.75. The fourth-order valence-corrected chi connectivity index (χ4v) is 2.75. The monoisotopic (exact) mass is 388 g/mol. The number of carbonyl (C=O) groups is 2. The van der Waals surface area contributed by atoms with Crippen molar-refractivity contribution in [1.82, 2.24) is 5.32 Å². The minimum Gasteiger partial charge on any atom is -0.484 e. The van der Waals surface area contributed by atoms with Crippen LogP contribution in [0.5, 0.6) is 5.75 Å².